The Hall–Kier alpha value is -1.03. The van der Waals surface area contributed by atoms with Gasteiger partial charge in [-0.15, -0.1) is 0 Å². The van der Waals surface area contributed by atoms with Crippen molar-refractivity contribution >= 4 is 5.95 Å². The number of hydrogen-bond donors (Lipinski definition) is 2. The second-order valence-corrected chi connectivity index (χ2v) is 4.98. The number of imidazole rings is 1. The molecule has 1 fully saturated rings. The van der Waals surface area contributed by atoms with Crippen LogP contribution in [0, 0.1) is 5.41 Å². The molecule has 0 radical (unpaired) electrons. The maximum absolute atomic E-state index is 5.95. The van der Waals surface area contributed by atoms with Gasteiger partial charge in [-0.3, -0.25) is 0 Å². The van der Waals surface area contributed by atoms with E-state index in [-0.39, 0.29) is 0 Å². The molecule has 0 aromatic carbocycles. The zero-order valence-corrected chi connectivity index (χ0v) is 10.1. The maximum Gasteiger partial charge on any atom is 0.202 e. The quantitative estimate of drug-likeness (QED) is 0.816. The Morgan fingerprint density at radius 1 is 1.44 bits per heavy atom. The molecule has 3 N–H and O–H groups in total. The summed E-state index contributed by atoms with van der Waals surface area (Å²) in [5.41, 5.74) is 6.24. The molecule has 1 heterocycles. The minimum atomic E-state index is 0.296. The molecule has 16 heavy (non-hydrogen) atoms. The molecule has 4 nitrogen and oxygen atoms in total. The summed E-state index contributed by atoms with van der Waals surface area (Å²) in [6, 6.07) is 0. The third kappa shape index (κ3) is 2.38. The van der Waals surface area contributed by atoms with Crippen LogP contribution in [0.25, 0.3) is 0 Å². The van der Waals surface area contributed by atoms with Gasteiger partial charge in [-0.25, -0.2) is 4.98 Å². The van der Waals surface area contributed by atoms with Crippen molar-refractivity contribution in [1.82, 2.24) is 9.55 Å². The summed E-state index contributed by atoms with van der Waals surface area (Å²) in [5.74, 6) is 0.943. The topological polar surface area (TPSA) is 55.9 Å². The summed E-state index contributed by atoms with van der Waals surface area (Å²) in [7, 11) is 2.01. The highest BCUT2D eigenvalue weighted by molar-refractivity contribution is 5.26. The highest BCUT2D eigenvalue weighted by atomic mass is 15.2. The van der Waals surface area contributed by atoms with E-state index in [1.807, 2.05) is 24.0 Å². The minimum Gasteiger partial charge on any atom is -0.355 e. The summed E-state index contributed by atoms with van der Waals surface area (Å²) in [6.07, 6.45) is 10.3. The van der Waals surface area contributed by atoms with E-state index >= 15 is 0 Å². The van der Waals surface area contributed by atoms with Crippen LogP contribution in [0.5, 0.6) is 0 Å². The van der Waals surface area contributed by atoms with Gasteiger partial charge in [-0.2, -0.15) is 0 Å². The first kappa shape index (κ1) is 11.5. The monoisotopic (exact) mass is 222 g/mol. The molecule has 4 heteroatoms. The number of nitrogens with two attached hydrogens (primary N) is 1. The Balaban J connectivity index is 1.94. The molecule has 1 aliphatic rings. The van der Waals surface area contributed by atoms with Crippen LogP contribution in [0.1, 0.15) is 32.1 Å². The van der Waals surface area contributed by atoms with Crippen LogP contribution in [-0.2, 0) is 7.05 Å². The van der Waals surface area contributed by atoms with E-state index in [4.69, 9.17) is 5.73 Å². The molecular formula is C12H22N4. The molecule has 90 valence electrons. The first-order valence-corrected chi connectivity index (χ1v) is 6.17. The van der Waals surface area contributed by atoms with E-state index in [2.05, 4.69) is 10.3 Å². The van der Waals surface area contributed by atoms with E-state index in [1.54, 1.807) is 0 Å². The third-order valence-corrected chi connectivity index (χ3v) is 3.79. The number of hydrogen-bond acceptors (Lipinski definition) is 3. The van der Waals surface area contributed by atoms with E-state index in [9.17, 15) is 0 Å². The molecule has 0 atom stereocenters. The molecule has 1 saturated carbocycles. The molecule has 1 aromatic heterocycles. The van der Waals surface area contributed by atoms with Crippen molar-refractivity contribution in [3.05, 3.63) is 12.4 Å². The van der Waals surface area contributed by atoms with Crippen LogP contribution in [0.15, 0.2) is 12.4 Å². The first-order chi connectivity index (χ1) is 7.76. The van der Waals surface area contributed by atoms with Gasteiger partial charge >= 0.3 is 0 Å². The fourth-order valence-corrected chi connectivity index (χ4v) is 2.56. The van der Waals surface area contributed by atoms with Crippen LogP contribution in [-0.4, -0.2) is 22.6 Å². The van der Waals surface area contributed by atoms with Crippen molar-refractivity contribution in [2.24, 2.45) is 18.2 Å². The van der Waals surface area contributed by atoms with Crippen molar-refractivity contribution in [2.75, 3.05) is 18.4 Å². The Bertz CT molecular complexity index is 326. The molecule has 0 amide bonds. The summed E-state index contributed by atoms with van der Waals surface area (Å²) >= 11 is 0. The Kier molecular flexibility index (Phi) is 3.49. The lowest BCUT2D eigenvalue weighted by Gasteiger charge is -2.36. The largest absolute Gasteiger partial charge is 0.355 e. The van der Waals surface area contributed by atoms with Crippen molar-refractivity contribution in [3.63, 3.8) is 0 Å². The normalized spacial score (nSPS) is 19.6. The zero-order valence-electron chi connectivity index (χ0n) is 10.1. The molecule has 0 unspecified atom stereocenters. The van der Waals surface area contributed by atoms with Gasteiger partial charge in [0.25, 0.3) is 0 Å². The molecular weight excluding hydrogens is 200 g/mol. The second-order valence-electron chi connectivity index (χ2n) is 4.98. The molecule has 0 bridgehead atoms. The first-order valence-electron chi connectivity index (χ1n) is 6.17. The van der Waals surface area contributed by atoms with Gasteiger partial charge in [0.05, 0.1) is 0 Å². The third-order valence-electron chi connectivity index (χ3n) is 3.79. The smallest absolute Gasteiger partial charge is 0.202 e. The van der Waals surface area contributed by atoms with E-state index in [0.717, 1.165) is 19.0 Å². The van der Waals surface area contributed by atoms with E-state index in [0.29, 0.717) is 5.41 Å². The van der Waals surface area contributed by atoms with Gasteiger partial charge in [0.1, 0.15) is 0 Å². The number of nitrogens with zero attached hydrogens (tertiary/aromatic N) is 2. The SMILES string of the molecule is Cn1ccnc1NCC1(CN)CCCCC1. The molecule has 1 aromatic rings. The van der Waals surface area contributed by atoms with Crippen LogP contribution in [0.2, 0.25) is 0 Å². The van der Waals surface area contributed by atoms with Crippen LogP contribution < -0.4 is 11.1 Å². The number of aromatic nitrogens is 2. The molecule has 0 spiro atoms. The lowest BCUT2D eigenvalue weighted by atomic mass is 9.74. The minimum absolute atomic E-state index is 0.296. The number of nitrogens with one attached hydrogen (secondary N) is 1. The number of aryl methyl sites for hydroxylation is 1. The van der Waals surface area contributed by atoms with Gasteiger partial charge in [-0.1, -0.05) is 19.3 Å². The molecule has 1 aliphatic carbocycles. The van der Waals surface area contributed by atoms with Crippen molar-refractivity contribution < 1.29 is 0 Å². The average molecular weight is 222 g/mol. The van der Waals surface area contributed by atoms with Gasteiger partial charge in [0.2, 0.25) is 5.95 Å². The summed E-state index contributed by atoms with van der Waals surface area (Å²) in [5, 5.41) is 3.43. The predicted octanol–water partition coefficient (Wildman–Crippen LogP) is 1.74. The van der Waals surface area contributed by atoms with Crippen molar-refractivity contribution in [2.45, 2.75) is 32.1 Å². The Morgan fingerprint density at radius 2 is 2.19 bits per heavy atom. The Labute approximate surface area is 97.2 Å². The van der Waals surface area contributed by atoms with Crippen molar-refractivity contribution in [1.29, 1.82) is 0 Å². The molecule has 0 aliphatic heterocycles. The number of rotatable bonds is 4. The predicted molar refractivity (Wildman–Crippen MR) is 66.3 cm³/mol. The maximum atomic E-state index is 5.95. The molecule has 0 saturated heterocycles. The zero-order chi connectivity index (χ0) is 11.4. The fraction of sp³-hybridized carbons (Fsp3) is 0.750. The Morgan fingerprint density at radius 3 is 2.75 bits per heavy atom. The number of anilines is 1. The van der Waals surface area contributed by atoms with Gasteiger partial charge in [0, 0.05) is 26.0 Å². The molecule has 2 rings (SSSR count). The average Bonchev–Trinajstić information content (AvgIpc) is 2.74. The summed E-state index contributed by atoms with van der Waals surface area (Å²) in [6.45, 7) is 1.73. The summed E-state index contributed by atoms with van der Waals surface area (Å²) in [4.78, 5) is 4.28. The van der Waals surface area contributed by atoms with Gasteiger partial charge in [0.15, 0.2) is 0 Å². The fourth-order valence-electron chi connectivity index (χ4n) is 2.56. The standard InChI is InChI=1S/C12H22N4/c1-16-8-7-14-11(16)15-10-12(9-13)5-3-2-4-6-12/h7-8H,2-6,9-10,13H2,1H3,(H,14,15). The van der Waals surface area contributed by atoms with E-state index in [1.165, 1.54) is 32.1 Å². The second kappa shape index (κ2) is 4.87. The van der Waals surface area contributed by atoms with Crippen LogP contribution in [0.4, 0.5) is 5.95 Å². The van der Waals surface area contributed by atoms with Crippen LogP contribution in [0.3, 0.4) is 0 Å². The van der Waals surface area contributed by atoms with Crippen LogP contribution >= 0.6 is 0 Å². The highest BCUT2D eigenvalue weighted by Gasteiger charge is 2.30. The lowest BCUT2D eigenvalue weighted by molar-refractivity contribution is 0.215. The van der Waals surface area contributed by atoms with Crippen molar-refractivity contribution in [3.8, 4) is 0 Å². The lowest BCUT2D eigenvalue weighted by Crippen LogP contribution is -2.39. The summed E-state index contributed by atoms with van der Waals surface area (Å²) < 4.78 is 2.01. The highest BCUT2D eigenvalue weighted by Crippen LogP contribution is 2.35. The van der Waals surface area contributed by atoms with E-state index < -0.39 is 0 Å². The van der Waals surface area contributed by atoms with Gasteiger partial charge in [-0.05, 0) is 24.8 Å². The van der Waals surface area contributed by atoms with Gasteiger partial charge < -0.3 is 15.6 Å².